The summed E-state index contributed by atoms with van der Waals surface area (Å²) in [5.41, 5.74) is -0.0760. The Morgan fingerprint density at radius 1 is 1.20 bits per heavy atom. The van der Waals surface area contributed by atoms with Crippen molar-refractivity contribution in [3.8, 4) is 0 Å². The Morgan fingerprint density at radius 3 is 2.50 bits per heavy atom. The predicted molar refractivity (Wildman–Crippen MR) is 106 cm³/mol. The van der Waals surface area contributed by atoms with Gasteiger partial charge in [-0.1, -0.05) is 0 Å². The van der Waals surface area contributed by atoms with Crippen molar-refractivity contribution in [2.75, 3.05) is 4.90 Å². The number of benzene rings is 1. The molecule has 1 amide bonds. The monoisotopic (exact) mass is 430 g/mol. The number of carbonyl (C=O) groups is 2. The van der Waals surface area contributed by atoms with E-state index < -0.39 is 35.1 Å². The van der Waals surface area contributed by atoms with Crippen LogP contribution in [0.3, 0.4) is 0 Å². The number of rotatable bonds is 4. The fourth-order valence-corrected chi connectivity index (χ4v) is 4.37. The van der Waals surface area contributed by atoms with E-state index in [-0.39, 0.29) is 21.9 Å². The highest BCUT2D eigenvalue weighted by Gasteiger charge is 2.47. The molecule has 6 nitrogen and oxygen atoms in total. The van der Waals surface area contributed by atoms with Crippen molar-refractivity contribution in [3.05, 3.63) is 80.4 Å². The lowest BCUT2D eigenvalue weighted by molar-refractivity contribution is -0.117. The maximum absolute atomic E-state index is 14.6. The molecular weight excluding hydrogens is 414 g/mol. The van der Waals surface area contributed by atoms with Crippen molar-refractivity contribution in [1.82, 2.24) is 4.98 Å². The van der Waals surface area contributed by atoms with Crippen molar-refractivity contribution < 1.29 is 27.9 Å². The molecule has 0 aliphatic carbocycles. The highest BCUT2D eigenvalue weighted by Crippen LogP contribution is 2.43. The summed E-state index contributed by atoms with van der Waals surface area (Å²) in [7, 11) is 0. The maximum Gasteiger partial charge on any atom is 0.294 e. The smallest absolute Gasteiger partial charge is 0.294 e. The number of halogens is 2. The number of Topliss-reactive ketones (excluding diaryl/α,β-unsaturated/α-hetero) is 1. The molecule has 4 rings (SSSR count). The summed E-state index contributed by atoms with van der Waals surface area (Å²) in [6.07, 6.45) is 0. The third-order valence-electron chi connectivity index (χ3n) is 4.76. The van der Waals surface area contributed by atoms with Crippen molar-refractivity contribution in [2.45, 2.75) is 26.8 Å². The molecule has 3 aromatic rings. The van der Waals surface area contributed by atoms with Crippen LogP contribution in [0.4, 0.5) is 14.5 Å². The van der Waals surface area contributed by atoms with Gasteiger partial charge in [0.2, 0.25) is 5.78 Å². The van der Waals surface area contributed by atoms with E-state index in [1.807, 2.05) is 0 Å². The molecule has 0 bridgehead atoms. The fourth-order valence-electron chi connectivity index (χ4n) is 3.50. The lowest BCUT2D eigenvalue weighted by Gasteiger charge is -2.25. The van der Waals surface area contributed by atoms with Gasteiger partial charge in [0.05, 0.1) is 26.8 Å². The van der Waals surface area contributed by atoms with Gasteiger partial charge in [-0.15, -0.1) is 11.3 Å². The molecule has 0 radical (unpaired) electrons. The lowest BCUT2D eigenvalue weighted by atomic mass is 9.99. The van der Waals surface area contributed by atoms with Crippen LogP contribution in [0.1, 0.15) is 37.9 Å². The van der Waals surface area contributed by atoms with Gasteiger partial charge in [0, 0.05) is 6.07 Å². The van der Waals surface area contributed by atoms with Crippen molar-refractivity contribution >= 4 is 28.7 Å². The molecule has 1 aromatic carbocycles. The van der Waals surface area contributed by atoms with E-state index >= 15 is 0 Å². The molecule has 1 atom stereocenters. The van der Waals surface area contributed by atoms with E-state index in [1.54, 1.807) is 32.9 Å². The SMILES string of the molecule is Cc1ccc(C2C(C(=O)c3sc(C)nc3C)=C(O)C(=O)N2c2ccc(F)cc2F)o1. The Balaban J connectivity index is 1.91. The van der Waals surface area contributed by atoms with E-state index in [2.05, 4.69) is 4.98 Å². The minimum Gasteiger partial charge on any atom is -0.503 e. The summed E-state index contributed by atoms with van der Waals surface area (Å²) >= 11 is 1.13. The van der Waals surface area contributed by atoms with Gasteiger partial charge in [-0.25, -0.2) is 13.8 Å². The van der Waals surface area contributed by atoms with E-state index in [0.717, 1.165) is 28.4 Å². The first-order valence-electron chi connectivity index (χ1n) is 8.96. The molecule has 1 unspecified atom stereocenters. The second-order valence-electron chi connectivity index (χ2n) is 6.86. The largest absolute Gasteiger partial charge is 0.503 e. The zero-order valence-electron chi connectivity index (χ0n) is 16.2. The first kappa shape index (κ1) is 20.0. The molecule has 30 heavy (non-hydrogen) atoms. The van der Waals surface area contributed by atoms with E-state index in [9.17, 15) is 23.5 Å². The first-order chi connectivity index (χ1) is 14.2. The van der Waals surface area contributed by atoms with Crippen molar-refractivity contribution in [3.63, 3.8) is 0 Å². The Hall–Kier alpha value is -3.33. The molecule has 9 heteroatoms. The van der Waals surface area contributed by atoms with Crippen LogP contribution in [0.25, 0.3) is 0 Å². The number of aliphatic hydroxyl groups excluding tert-OH is 1. The number of aromatic nitrogens is 1. The molecule has 0 spiro atoms. The second kappa shape index (κ2) is 7.17. The maximum atomic E-state index is 14.6. The van der Waals surface area contributed by atoms with Gasteiger partial charge in [0.25, 0.3) is 5.91 Å². The fraction of sp³-hybridized carbons (Fsp3) is 0.190. The summed E-state index contributed by atoms with van der Waals surface area (Å²) in [6.45, 7) is 5.05. The predicted octanol–water partition coefficient (Wildman–Crippen LogP) is 4.72. The molecule has 154 valence electrons. The Morgan fingerprint density at radius 2 is 1.93 bits per heavy atom. The number of furan rings is 1. The van der Waals surface area contributed by atoms with Gasteiger partial charge in [-0.2, -0.15) is 0 Å². The van der Waals surface area contributed by atoms with E-state index in [1.165, 1.54) is 0 Å². The summed E-state index contributed by atoms with van der Waals surface area (Å²) in [4.78, 5) is 31.6. The summed E-state index contributed by atoms with van der Waals surface area (Å²) in [5, 5.41) is 11.3. The van der Waals surface area contributed by atoms with E-state index in [4.69, 9.17) is 4.42 Å². The number of aryl methyl sites for hydroxylation is 3. The molecule has 2 aromatic heterocycles. The van der Waals surface area contributed by atoms with Crippen LogP contribution in [-0.2, 0) is 4.79 Å². The van der Waals surface area contributed by atoms with E-state index in [0.29, 0.717) is 22.5 Å². The average Bonchev–Trinajstić information content (AvgIpc) is 3.32. The molecule has 1 aliphatic rings. The zero-order valence-corrected chi connectivity index (χ0v) is 17.0. The number of thiazole rings is 1. The minimum absolute atomic E-state index is 0.163. The number of aliphatic hydroxyl groups is 1. The Labute approximate surface area is 174 Å². The molecule has 3 heterocycles. The minimum atomic E-state index is -1.22. The molecular formula is C21H16F2N2O4S. The van der Waals surface area contributed by atoms with Gasteiger partial charge >= 0.3 is 0 Å². The Kier molecular flexibility index (Phi) is 4.77. The Bertz CT molecular complexity index is 1230. The number of amides is 1. The number of carbonyl (C=O) groups excluding carboxylic acids is 2. The van der Waals surface area contributed by atoms with Gasteiger partial charge < -0.3 is 9.52 Å². The van der Waals surface area contributed by atoms with Crippen LogP contribution in [-0.4, -0.2) is 21.8 Å². The van der Waals surface area contributed by atoms with Crippen LogP contribution in [0.5, 0.6) is 0 Å². The van der Waals surface area contributed by atoms with Crippen LogP contribution in [0, 0.1) is 32.4 Å². The lowest BCUT2D eigenvalue weighted by Crippen LogP contribution is -2.31. The number of anilines is 1. The molecule has 0 saturated carbocycles. The molecule has 0 fully saturated rings. The standard InChI is InChI=1S/C21H16F2N2O4S/c1-9-4-7-15(29-9)17-16(18(26)20-10(2)24-11(3)30-20)19(27)21(28)25(17)14-6-5-12(22)8-13(14)23/h4-8,17,27H,1-3H3. The van der Waals surface area contributed by atoms with Crippen LogP contribution in [0.2, 0.25) is 0 Å². The van der Waals surface area contributed by atoms with Gasteiger partial charge in [0.15, 0.2) is 5.76 Å². The van der Waals surface area contributed by atoms with Gasteiger partial charge in [-0.05, 0) is 45.0 Å². The highest BCUT2D eigenvalue weighted by molar-refractivity contribution is 7.14. The number of nitrogens with zero attached hydrogens (tertiary/aromatic N) is 2. The topological polar surface area (TPSA) is 83.6 Å². The van der Waals surface area contributed by atoms with Gasteiger partial charge in [-0.3, -0.25) is 14.5 Å². The number of hydrogen-bond acceptors (Lipinski definition) is 6. The van der Waals surface area contributed by atoms with Crippen LogP contribution < -0.4 is 4.90 Å². The molecule has 1 aliphatic heterocycles. The quantitative estimate of drug-likeness (QED) is 0.606. The van der Waals surface area contributed by atoms with Crippen LogP contribution >= 0.6 is 11.3 Å². The molecule has 0 saturated heterocycles. The third-order valence-corrected chi connectivity index (χ3v) is 5.83. The van der Waals surface area contributed by atoms with Crippen molar-refractivity contribution in [2.24, 2.45) is 0 Å². The number of hydrogen-bond donors (Lipinski definition) is 1. The summed E-state index contributed by atoms with van der Waals surface area (Å²) < 4.78 is 33.6. The summed E-state index contributed by atoms with van der Waals surface area (Å²) in [5.74, 6) is -3.57. The summed E-state index contributed by atoms with van der Waals surface area (Å²) in [6, 6.07) is 4.63. The third kappa shape index (κ3) is 3.11. The second-order valence-corrected chi connectivity index (χ2v) is 8.06. The van der Waals surface area contributed by atoms with Crippen LogP contribution in [0.15, 0.2) is 46.1 Å². The van der Waals surface area contributed by atoms with Gasteiger partial charge in [0.1, 0.15) is 29.2 Å². The first-order valence-corrected chi connectivity index (χ1v) is 9.77. The highest BCUT2D eigenvalue weighted by atomic mass is 32.1. The average molecular weight is 430 g/mol. The van der Waals surface area contributed by atoms with Crippen molar-refractivity contribution in [1.29, 1.82) is 0 Å². The zero-order chi connectivity index (χ0) is 21.7. The molecule has 1 N–H and O–H groups in total. The number of ketones is 1. The normalized spacial score (nSPS) is 16.6.